The number of hydrogen-bond acceptors (Lipinski definition) is 3. The molecule has 0 unspecified atom stereocenters. The predicted molar refractivity (Wildman–Crippen MR) is 92.3 cm³/mol. The SMILES string of the molecule is CC1(C)OC(=O)Nc2ccc(/C(=C\C(N)=O)c3ccccc3)cc21. The molecule has 0 spiro atoms. The van der Waals surface area contributed by atoms with Crippen molar-refractivity contribution in [3.8, 4) is 0 Å². The fourth-order valence-electron chi connectivity index (χ4n) is 2.83. The van der Waals surface area contributed by atoms with Crippen molar-refractivity contribution >= 4 is 23.3 Å². The summed E-state index contributed by atoms with van der Waals surface area (Å²) in [6.45, 7) is 3.66. The summed E-state index contributed by atoms with van der Waals surface area (Å²) < 4.78 is 5.36. The van der Waals surface area contributed by atoms with E-state index in [4.69, 9.17) is 10.5 Å². The molecule has 0 atom stereocenters. The van der Waals surface area contributed by atoms with E-state index in [1.54, 1.807) is 0 Å². The monoisotopic (exact) mass is 322 g/mol. The third kappa shape index (κ3) is 3.01. The zero-order valence-corrected chi connectivity index (χ0v) is 13.5. The Hall–Kier alpha value is -3.08. The van der Waals surface area contributed by atoms with Crippen LogP contribution in [-0.4, -0.2) is 12.0 Å². The van der Waals surface area contributed by atoms with E-state index in [0.29, 0.717) is 5.69 Å². The lowest BCUT2D eigenvalue weighted by Gasteiger charge is -2.33. The number of carbonyl (C=O) groups excluding carboxylic acids is 2. The van der Waals surface area contributed by atoms with E-state index in [1.165, 1.54) is 6.08 Å². The molecular formula is C19H18N2O3. The number of benzene rings is 2. The molecule has 1 aliphatic rings. The van der Waals surface area contributed by atoms with Crippen LogP contribution in [0.1, 0.15) is 30.5 Å². The molecule has 1 aliphatic heterocycles. The van der Waals surface area contributed by atoms with Crippen LogP contribution < -0.4 is 11.1 Å². The summed E-state index contributed by atoms with van der Waals surface area (Å²) in [5, 5.41) is 2.69. The van der Waals surface area contributed by atoms with Crippen molar-refractivity contribution in [3.63, 3.8) is 0 Å². The van der Waals surface area contributed by atoms with Crippen molar-refractivity contribution in [2.75, 3.05) is 5.32 Å². The van der Waals surface area contributed by atoms with Crippen LogP contribution in [0.4, 0.5) is 10.5 Å². The van der Waals surface area contributed by atoms with Gasteiger partial charge in [0.25, 0.3) is 0 Å². The minimum atomic E-state index is -0.762. The molecule has 122 valence electrons. The molecule has 5 nitrogen and oxygen atoms in total. The number of cyclic esters (lactones) is 1. The van der Waals surface area contributed by atoms with E-state index < -0.39 is 17.6 Å². The molecular weight excluding hydrogens is 304 g/mol. The van der Waals surface area contributed by atoms with Gasteiger partial charge in [0.05, 0.1) is 5.69 Å². The van der Waals surface area contributed by atoms with Gasteiger partial charge in [-0.3, -0.25) is 10.1 Å². The second-order valence-corrected chi connectivity index (χ2v) is 6.11. The lowest BCUT2D eigenvalue weighted by molar-refractivity contribution is -0.113. The van der Waals surface area contributed by atoms with Crippen LogP contribution in [0.2, 0.25) is 0 Å². The summed E-state index contributed by atoms with van der Waals surface area (Å²) in [6, 6.07) is 15.1. The molecule has 0 aliphatic carbocycles. The molecule has 3 rings (SSSR count). The Morgan fingerprint density at radius 1 is 1.12 bits per heavy atom. The van der Waals surface area contributed by atoms with E-state index in [9.17, 15) is 9.59 Å². The van der Waals surface area contributed by atoms with Gasteiger partial charge in [-0.15, -0.1) is 0 Å². The number of nitrogens with one attached hydrogen (secondary N) is 1. The van der Waals surface area contributed by atoms with Crippen molar-refractivity contribution < 1.29 is 14.3 Å². The van der Waals surface area contributed by atoms with E-state index >= 15 is 0 Å². The highest BCUT2D eigenvalue weighted by Gasteiger charge is 2.33. The first-order chi connectivity index (χ1) is 11.4. The molecule has 2 aromatic carbocycles. The van der Waals surface area contributed by atoms with Crippen LogP contribution in [0, 0.1) is 0 Å². The molecule has 2 aromatic rings. The summed E-state index contributed by atoms with van der Waals surface area (Å²) in [7, 11) is 0. The van der Waals surface area contributed by atoms with Gasteiger partial charge in [-0.2, -0.15) is 0 Å². The summed E-state index contributed by atoms with van der Waals surface area (Å²) >= 11 is 0. The van der Waals surface area contributed by atoms with Gasteiger partial charge in [0.2, 0.25) is 5.91 Å². The van der Waals surface area contributed by atoms with Gasteiger partial charge in [-0.1, -0.05) is 36.4 Å². The van der Waals surface area contributed by atoms with Crippen LogP contribution in [0.5, 0.6) is 0 Å². The minimum absolute atomic E-state index is 0.476. The number of hydrogen-bond donors (Lipinski definition) is 2. The molecule has 0 fully saturated rings. The number of amides is 2. The first kappa shape index (κ1) is 15.8. The zero-order valence-electron chi connectivity index (χ0n) is 13.5. The highest BCUT2D eigenvalue weighted by Crippen LogP contribution is 2.38. The second kappa shape index (κ2) is 5.85. The third-order valence-electron chi connectivity index (χ3n) is 3.94. The predicted octanol–water partition coefficient (Wildman–Crippen LogP) is 3.40. The molecule has 5 heteroatoms. The summed E-state index contributed by atoms with van der Waals surface area (Å²) in [4.78, 5) is 23.1. The van der Waals surface area contributed by atoms with Crippen molar-refractivity contribution in [2.24, 2.45) is 5.73 Å². The Morgan fingerprint density at radius 3 is 2.50 bits per heavy atom. The van der Waals surface area contributed by atoms with Gasteiger partial charge >= 0.3 is 6.09 Å². The number of ether oxygens (including phenoxy) is 1. The van der Waals surface area contributed by atoms with Crippen LogP contribution in [-0.2, 0) is 15.1 Å². The lowest BCUT2D eigenvalue weighted by atomic mass is 9.89. The highest BCUT2D eigenvalue weighted by molar-refractivity contribution is 5.99. The van der Waals surface area contributed by atoms with Crippen molar-refractivity contribution in [2.45, 2.75) is 19.4 Å². The van der Waals surface area contributed by atoms with E-state index in [1.807, 2.05) is 62.4 Å². The summed E-state index contributed by atoms with van der Waals surface area (Å²) in [5.41, 5.74) is 8.59. The van der Waals surface area contributed by atoms with Crippen LogP contribution in [0.3, 0.4) is 0 Å². The maximum Gasteiger partial charge on any atom is 0.412 e. The van der Waals surface area contributed by atoms with E-state index in [0.717, 1.165) is 22.3 Å². The Morgan fingerprint density at radius 2 is 1.83 bits per heavy atom. The first-order valence-corrected chi connectivity index (χ1v) is 7.58. The van der Waals surface area contributed by atoms with Crippen molar-refractivity contribution in [1.29, 1.82) is 0 Å². The van der Waals surface area contributed by atoms with Gasteiger partial charge in [0.15, 0.2) is 0 Å². The van der Waals surface area contributed by atoms with Gasteiger partial charge < -0.3 is 10.5 Å². The Kier molecular flexibility index (Phi) is 3.85. The second-order valence-electron chi connectivity index (χ2n) is 6.11. The molecule has 24 heavy (non-hydrogen) atoms. The Bertz CT molecular complexity index is 839. The van der Waals surface area contributed by atoms with Crippen LogP contribution >= 0.6 is 0 Å². The fourth-order valence-corrected chi connectivity index (χ4v) is 2.83. The Balaban J connectivity index is 2.14. The third-order valence-corrected chi connectivity index (χ3v) is 3.94. The minimum Gasteiger partial charge on any atom is -0.438 e. The molecule has 2 amide bonds. The van der Waals surface area contributed by atoms with E-state index in [2.05, 4.69) is 5.32 Å². The molecule has 1 heterocycles. The zero-order chi connectivity index (χ0) is 17.3. The molecule has 0 saturated carbocycles. The topological polar surface area (TPSA) is 81.4 Å². The largest absolute Gasteiger partial charge is 0.438 e. The first-order valence-electron chi connectivity index (χ1n) is 7.58. The van der Waals surface area contributed by atoms with Crippen LogP contribution in [0.15, 0.2) is 54.6 Å². The molecule has 3 N–H and O–H groups in total. The van der Waals surface area contributed by atoms with Crippen LogP contribution in [0.25, 0.3) is 5.57 Å². The maximum atomic E-state index is 11.6. The molecule has 0 saturated heterocycles. The number of carbonyl (C=O) groups is 2. The highest BCUT2D eigenvalue weighted by atomic mass is 16.6. The van der Waals surface area contributed by atoms with Gasteiger partial charge in [0, 0.05) is 11.6 Å². The van der Waals surface area contributed by atoms with Crippen molar-refractivity contribution in [1.82, 2.24) is 0 Å². The van der Waals surface area contributed by atoms with Gasteiger partial charge in [-0.05, 0) is 42.7 Å². The summed E-state index contributed by atoms with van der Waals surface area (Å²) in [5.74, 6) is -0.518. The lowest BCUT2D eigenvalue weighted by Crippen LogP contribution is -2.34. The molecule has 0 aromatic heterocycles. The quantitative estimate of drug-likeness (QED) is 0.850. The number of anilines is 1. The van der Waals surface area contributed by atoms with E-state index in [-0.39, 0.29) is 0 Å². The normalized spacial score (nSPS) is 15.9. The number of fused-ring (bicyclic) bond motifs is 1. The number of nitrogens with two attached hydrogens (primary N) is 1. The number of rotatable bonds is 3. The Labute approximate surface area is 140 Å². The maximum absolute atomic E-state index is 11.6. The fraction of sp³-hybridized carbons (Fsp3) is 0.158. The summed E-state index contributed by atoms with van der Waals surface area (Å²) in [6.07, 6.45) is 0.933. The van der Waals surface area contributed by atoms with Gasteiger partial charge in [-0.25, -0.2) is 4.79 Å². The van der Waals surface area contributed by atoms with Gasteiger partial charge in [0.1, 0.15) is 5.60 Å². The standard InChI is InChI=1S/C19H18N2O3/c1-19(2)15-10-13(8-9-16(15)21-18(23)24-19)14(11-17(20)22)12-6-4-3-5-7-12/h3-11H,1-2H3,(H2,20,22)(H,21,23)/b14-11-. The molecule has 0 radical (unpaired) electrons. The smallest absolute Gasteiger partial charge is 0.412 e. The molecule has 0 bridgehead atoms. The number of primary amides is 1. The average Bonchev–Trinajstić information content (AvgIpc) is 2.52. The average molecular weight is 322 g/mol. The van der Waals surface area contributed by atoms with Crippen molar-refractivity contribution in [3.05, 3.63) is 71.3 Å².